The van der Waals surface area contributed by atoms with Crippen molar-refractivity contribution in [1.29, 1.82) is 0 Å². The molecule has 1 atom stereocenters. The molecule has 6 N–H and O–H groups in total. The van der Waals surface area contributed by atoms with E-state index in [9.17, 15) is 0 Å². The molecule has 0 spiro atoms. The van der Waals surface area contributed by atoms with Crippen LogP contribution in [0.3, 0.4) is 0 Å². The first kappa shape index (κ1) is 16.4. The monoisotopic (exact) mass is 358 g/mol. The molecule has 0 saturated heterocycles. The summed E-state index contributed by atoms with van der Waals surface area (Å²) in [5.41, 5.74) is 17.5. The average Bonchev–Trinajstić information content (AvgIpc) is 3.05. The number of aromatic nitrogens is 2. The quantitative estimate of drug-likeness (QED) is 0.676. The first-order chi connectivity index (χ1) is 12.0. The Morgan fingerprint density at radius 3 is 2.64 bits per heavy atom. The van der Waals surface area contributed by atoms with Crippen molar-refractivity contribution in [3.63, 3.8) is 0 Å². The van der Waals surface area contributed by atoms with Crippen LogP contribution < -0.4 is 22.2 Å². The zero-order valence-corrected chi connectivity index (χ0v) is 14.7. The van der Waals surface area contributed by atoms with Gasteiger partial charge in [0.1, 0.15) is 5.66 Å². The lowest BCUT2D eigenvalue weighted by Gasteiger charge is -2.42. The van der Waals surface area contributed by atoms with Crippen molar-refractivity contribution in [1.82, 2.24) is 9.66 Å². The number of imidazole rings is 1. The summed E-state index contributed by atoms with van der Waals surface area (Å²) in [6, 6.07) is 7.89. The highest BCUT2D eigenvalue weighted by atomic mass is 35.5. The van der Waals surface area contributed by atoms with Gasteiger partial charge in [-0.1, -0.05) is 11.6 Å². The average molecular weight is 359 g/mol. The van der Waals surface area contributed by atoms with Crippen molar-refractivity contribution >= 4 is 23.0 Å². The molecule has 1 aliphatic heterocycles. The number of nitrogens with one attached hydrogen (secondary N) is 2. The summed E-state index contributed by atoms with van der Waals surface area (Å²) >= 11 is 5.98. The second kappa shape index (κ2) is 6.37. The van der Waals surface area contributed by atoms with E-state index in [1.54, 1.807) is 6.20 Å². The van der Waals surface area contributed by atoms with Crippen molar-refractivity contribution in [2.24, 2.45) is 17.4 Å². The molecule has 6 nitrogen and oxygen atoms in total. The molecule has 4 rings (SSSR count). The number of rotatable bonds is 3. The Labute approximate surface area is 152 Å². The number of benzene rings is 1. The highest BCUT2D eigenvalue weighted by Crippen LogP contribution is 2.35. The second-order valence-corrected chi connectivity index (χ2v) is 7.40. The van der Waals surface area contributed by atoms with Crippen LogP contribution in [-0.2, 0) is 0 Å². The van der Waals surface area contributed by atoms with Crippen LogP contribution in [0.5, 0.6) is 0 Å². The van der Waals surface area contributed by atoms with Gasteiger partial charge >= 0.3 is 0 Å². The Balaban J connectivity index is 1.64. The molecular weight excluding hydrogens is 336 g/mol. The fraction of sp³-hybridized carbons (Fsp3) is 0.389. The zero-order chi connectivity index (χ0) is 17.4. The third-order valence-electron chi connectivity index (χ3n) is 5.15. The van der Waals surface area contributed by atoms with Crippen molar-refractivity contribution in [3.8, 4) is 0 Å². The first-order valence-electron chi connectivity index (χ1n) is 8.65. The van der Waals surface area contributed by atoms with Gasteiger partial charge in [0.05, 0.1) is 5.70 Å². The molecule has 1 saturated carbocycles. The summed E-state index contributed by atoms with van der Waals surface area (Å²) in [7, 11) is 0. The van der Waals surface area contributed by atoms with Gasteiger partial charge in [-0.3, -0.25) is 0 Å². The molecule has 1 unspecified atom stereocenters. The van der Waals surface area contributed by atoms with Crippen LogP contribution in [0.15, 0.2) is 42.7 Å². The maximum absolute atomic E-state index is 6.78. The summed E-state index contributed by atoms with van der Waals surface area (Å²) in [5.74, 6) is 1.13. The number of anilines is 1. The van der Waals surface area contributed by atoms with E-state index >= 15 is 0 Å². The normalized spacial score (nSPS) is 28.7. The summed E-state index contributed by atoms with van der Waals surface area (Å²) < 4.78 is 1.90. The minimum Gasteiger partial charge on any atom is -0.353 e. The number of nitrogens with zero attached hydrogens (tertiary/aromatic N) is 2. The number of nitrogens with two attached hydrogens (primary N) is 2. The zero-order valence-electron chi connectivity index (χ0n) is 14.0. The Morgan fingerprint density at radius 2 is 1.92 bits per heavy atom. The van der Waals surface area contributed by atoms with E-state index < -0.39 is 5.66 Å². The molecule has 132 valence electrons. The van der Waals surface area contributed by atoms with Crippen molar-refractivity contribution in [3.05, 3.63) is 53.6 Å². The maximum Gasteiger partial charge on any atom is 0.174 e. The van der Waals surface area contributed by atoms with Gasteiger partial charge in [-0.2, -0.15) is 0 Å². The lowest BCUT2D eigenvalue weighted by Crippen LogP contribution is -2.58. The Bertz CT molecular complexity index is 775. The van der Waals surface area contributed by atoms with E-state index in [1.165, 1.54) is 0 Å². The highest BCUT2D eigenvalue weighted by Gasteiger charge is 2.39. The number of hydrogen-bond donors (Lipinski definition) is 4. The third kappa shape index (κ3) is 3.25. The molecule has 1 fully saturated rings. The van der Waals surface area contributed by atoms with E-state index in [0.717, 1.165) is 42.9 Å². The van der Waals surface area contributed by atoms with E-state index in [0.29, 0.717) is 17.0 Å². The fourth-order valence-corrected chi connectivity index (χ4v) is 3.85. The van der Waals surface area contributed by atoms with E-state index in [2.05, 4.69) is 21.8 Å². The maximum atomic E-state index is 6.78. The van der Waals surface area contributed by atoms with Gasteiger partial charge in [0.15, 0.2) is 5.82 Å². The standard InChI is InChI=1S/C18H23ClN6/c19-13-3-7-15(8-4-13)23-16-11-18(21,12-1-5-14(20)6-2-12)24-25-10-9-22-17(16)25/h3-4,7-12,14,23-24H,1-2,5-6,20-21H2. The molecule has 1 aromatic carbocycles. The van der Waals surface area contributed by atoms with Crippen molar-refractivity contribution in [2.45, 2.75) is 37.4 Å². The molecule has 1 aromatic heterocycles. The minimum absolute atomic E-state index is 0.294. The molecule has 2 aromatic rings. The van der Waals surface area contributed by atoms with Crippen LogP contribution in [0.25, 0.3) is 5.70 Å². The Morgan fingerprint density at radius 1 is 1.20 bits per heavy atom. The van der Waals surface area contributed by atoms with Crippen LogP contribution >= 0.6 is 11.6 Å². The number of hydrogen-bond acceptors (Lipinski definition) is 5. The molecule has 7 heteroatoms. The van der Waals surface area contributed by atoms with Gasteiger partial charge in [0.25, 0.3) is 0 Å². The van der Waals surface area contributed by atoms with Crippen molar-refractivity contribution < 1.29 is 0 Å². The summed E-state index contributed by atoms with van der Waals surface area (Å²) in [6.07, 6.45) is 9.76. The largest absolute Gasteiger partial charge is 0.353 e. The van der Waals surface area contributed by atoms with Gasteiger partial charge in [-0.15, -0.1) is 0 Å². The number of halogens is 1. The molecule has 0 amide bonds. The predicted octanol–water partition coefficient (Wildman–Crippen LogP) is 2.72. The Kier molecular flexibility index (Phi) is 4.19. The van der Waals surface area contributed by atoms with Crippen LogP contribution in [0.2, 0.25) is 5.02 Å². The molecule has 0 bridgehead atoms. The lowest BCUT2D eigenvalue weighted by atomic mass is 9.78. The van der Waals surface area contributed by atoms with Crippen LogP contribution in [-0.4, -0.2) is 21.4 Å². The summed E-state index contributed by atoms with van der Waals surface area (Å²) in [4.78, 5) is 4.44. The Hall–Kier alpha value is -2.02. The van der Waals surface area contributed by atoms with Gasteiger partial charge in [-0.25, -0.2) is 9.66 Å². The van der Waals surface area contributed by atoms with Gasteiger partial charge in [-0.05, 0) is 56.0 Å². The second-order valence-electron chi connectivity index (χ2n) is 6.97. The molecule has 1 aliphatic carbocycles. The van der Waals surface area contributed by atoms with Crippen LogP contribution in [0.4, 0.5) is 5.69 Å². The van der Waals surface area contributed by atoms with Gasteiger partial charge in [0.2, 0.25) is 0 Å². The highest BCUT2D eigenvalue weighted by molar-refractivity contribution is 6.30. The molecule has 0 radical (unpaired) electrons. The summed E-state index contributed by atoms with van der Waals surface area (Å²) in [6.45, 7) is 0. The van der Waals surface area contributed by atoms with E-state index in [1.807, 2.05) is 35.1 Å². The third-order valence-corrected chi connectivity index (χ3v) is 5.40. The summed E-state index contributed by atoms with van der Waals surface area (Å²) in [5, 5.41) is 4.13. The van der Waals surface area contributed by atoms with Crippen LogP contribution in [0.1, 0.15) is 31.5 Å². The molecular formula is C18H23ClN6. The SMILES string of the molecule is NC1CCC(C2(N)C=C(Nc3ccc(Cl)cc3)c3nccn3N2)CC1. The van der Waals surface area contributed by atoms with Crippen molar-refractivity contribution in [2.75, 3.05) is 10.7 Å². The predicted molar refractivity (Wildman–Crippen MR) is 101 cm³/mol. The smallest absolute Gasteiger partial charge is 0.174 e. The molecule has 25 heavy (non-hydrogen) atoms. The van der Waals surface area contributed by atoms with E-state index in [4.69, 9.17) is 23.1 Å². The van der Waals surface area contributed by atoms with Gasteiger partial charge in [0, 0.05) is 35.1 Å². The molecule has 2 aliphatic rings. The molecule has 2 heterocycles. The van der Waals surface area contributed by atoms with Crippen LogP contribution in [0, 0.1) is 5.92 Å². The fourth-order valence-electron chi connectivity index (χ4n) is 3.72. The van der Waals surface area contributed by atoms with E-state index in [-0.39, 0.29) is 0 Å². The number of fused-ring (bicyclic) bond motifs is 1. The first-order valence-corrected chi connectivity index (χ1v) is 9.03. The minimum atomic E-state index is -0.636. The topological polar surface area (TPSA) is 93.9 Å². The lowest BCUT2D eigenvalue weighted by molar-refractivity contribution is 0.239. The van der Waals surface area contributed by atoms with Gasteiger partial charge < -0.3 is 22.2 Å².